The Bertz CT molecular complexity index is 485. The minimum Gasteiger partial charge on any atom is -0.455 e. The van der Waals surface area contributed by atoms with Gasteiger partial charge in [0.1, 0.15) is 5.75 Å². The first-order chi connectivity index (χ1) is 8.29. The van der Waals surface area contributed by atoms with Gasteiger partial charge in [-0.3, -0.25) is 0 Å². The van der Waals surface area contributed by atoms with Crippen LogP contribution in [-0.4, -0.2) is 6.26 Å². The molecular weight excluding hydrogens is 230 g/mol. The topological polar surface area (TPSA) is 21.3 Å². The van der Waals surface area contributed by atoms with E-state index in [0.717, 1.165) is 17.2 Å². The summed E-state index contributed by atoms with van der Waals surface area (Å²) in [5.41, 5.74) is 2.18. The highest BCUT2D eigenvalue weighted by Crippen LogP contribution is 2.31. The van der Waals surface area contributed by atoms with Crippen molar-refractivity contribution in [3.8, 4) is 11.5 Å². The van der Waals surface area contributed by atoms with Gasteiger partial charge in [0.25, 0.3) is 0 Å². The predicted octanol–water partition coefficient (Wildman–Crippen LogP) is 4.48. The van der Waals surface area contributed by atoms with Crippen LogP contribution in [0.15, 0.2) is 48.5 Å². The van der Waals surface area contributed by atoms with E-state index in [0.29, 0.717) is 0 Å². The van der Waals surface area contributed by atoms with Gasteiger partial charge in [0.2, 0.25) is 0 Å². The van der Waals surface area contributed by atoms with Crippen LogP contribution in [0.3, 0.4) is 0 Å². The maximum absolute atomic E-state index is 5.87. The molecule has 3 heteroatoms. The molecule has 0 unspecified atom stereocenters. The molecule has 17 heavy (non-hydrogen) atoms. The lowest BCUT2D eigenvalue weighted by molar-refractivity contribution is 0.485. The van der Waals surface area contributed by atoms with Gasteiger partial charge < -0.3 is 9.46 Å². The van der Waals surface area contributed by atoms with Gasteiger partial charge in [0, 0.05) is 6.26 Å². The Morgan fingerprint density at radius 3 is 2.53 bits per heavy atom. The van der Waals surface area contributed by atoms with Crippen molar-refractivity contribution >= 4 is 17.6 Å². The van der Waals surface area contributed by atoms with Crippen LogP contribution in [0.2, 0.25) is 0 Å². The minimum atomic E-state index is 0.849. The molecule has 0 radical (unpaired) electrons. The molecule has 0 bridgehead atoms. The highest BCUT2D eigenvalue weighted by Gasteiger charge is 2.04. The third-order valence-electron chi connectivity index (χ3n) is 2.32. The normalized spacial score (nSPS) is 10.0. The van der Waals surface area contributed by atoms with Crippen molar-refractivity contribution in [1.82, 2.24) is 0 Å². The number of aryl methyl sites for hydroxylation is 1. The van der Waals surface area contributed by atoms with Gasteiger partial charge >= 0.3 is 0 Å². The Kier molecular flexibility index (Phi) is 3.94. The second-order valence-corrected chi connectivity index (χ2v) is 4.33. The fourth-order valence-electron chi connectivity index (χ4n) is 1.52. The molecule has 2 rings (SSSR count). The molecule has 88 valence electrons. The van der Waals surface area contributed by atoms with Crippen LogP contribution < -0.4 is 9.46 Å². The van der Waals surface area contributed by atoms with Gasteiger partial charge in [0.15, 0.2) is 5.75 Å². The quantitative estimate of drug-likeness (QED) is 0.803. The van der Waals surface area contributed by atoms with Crippen molar-refractivity contribution in [1.29, 1.82) is 0 Å². The number of benzene rings is 2. The summed E-state index contributed by atoms with van der Waals surface area (Å²) in [5.74, 6) is 1.70. The number of anilines is 1. The summed E-state index contributed by atoms with van der Waals surface area (Å²) in [6.07, 6.45) is 1.99. The van der Waals surface area contributed by atoms with E-state index in [1.807, 2.05) is 48.7 Å². The molecule has 0 aliphatic rings. The SMILES string of the molecule is CSNc1ccc(C)cc1Oc1ccccc1. The molecule has 2 aromatic rings. The summed E-state index contributed by atoms with van der Waals surface area (Å²) in [7, 11) is 0. The van der Waals surface area contributed by atoms with Gasteiger partial charge in [-0.2, -0.15) is 0 Å². The first kappa shape index (κ1) is 11.9. The number of ether oxygens (including phenoxy) is 1. The number of nitrogens with one attached hydrogen (secondary N) is 1. The molecule has 0 aliphatic carbocycles. The second kappa shape index (κ2) is 5.64. The molecule has 0 atom stereocenters. The molecule has 0 aliphatic heterocycles. The Morgan fingerprint density at radius 2 is 1.82 bits per heavy atom. The third-order valence-corrected chi connectivity index (χ3v) is 2.74. The van der Waals surface area contributed by atoms with Crippen molar-refractivity contribution < 1.29 is 4.74 Å². The molecule has 0 saturated heterocycles. The molecular formula is C14H15NOS. The van der Waals surface area contributed by atoms with E-state index in [1.165, 1.54) is 5.56 Å². The summed E-state index contributed by atoms with van der Waals surface area (Å²) in [6, 6.07) is 15.9. The van der Waals surface area contributed by atoms with Gasteiger partial charge in [-0.1, -0.05) is 36.2 Å². The van der Waals surface area contributed by atoms with Crippen molar-refractivity contribution in [2.45, 2.75) is 6.92 Å². The Balaban J connectivity index is 2.27. The summed E-state index contributed by atoms with van der Waals surface area (Å²) in [6.45, 7) is 2.06. The van der Waals surface area contributed by atoms with Crippen molar-refractivity contribution in [2.75, 3.05) is 11.0 Å². The van der Waals surface area contributed by atoms with E-state index in [4.69, 9.17) is 4.74 Å². The lowest BCUT2D eigenvalue weighted by Gasteiger charge is -2.12. The van der Waals surface area contributed by atoms with Crippen LogP contribution in [-0.2, 0) is 0 Å². The van der Waals surface area contributed by atoms with E-state index in [9.17, 15) is 0 Å². The third kappa shape index (κ3) is 3.17. The number of hydrogen-bond donors (Lipinski definition) is 1. The molecule has 0 fully saturated rings. The molecule has 0 spiro atoms. The van der Waals surface area contributed by atoms with E-state index in [2.05, 4.69) is 17.7 Å². The Morgan fingerprint density at radius 1 is 1.06 bits per heavy atom. The largest absolute Gasteiger partial charge is 0.455 e. The standard InChI is InChI=1S/C14H15NOS/c1-11-8-9-13(15-17-2)14(10-11)16-12-6-4-3-5-7-12/h3-10,15H,1-2H3. The molecule has 1 N–H and O–H groups in total. The maximum atomic E-state index is 5.87. The van der Waals surface area contributed by atoms with Gasteiger partial charge in [0.05, 0.1) is 5.69 Å². The number of para-hydroxylation sites is 1. The number of hydrogen-bond acceptors (Lipinski definition) is 3. The molecule has 2 aromatic carbocycles. The minimum absolute atomic E-state index is 0.849. The smallest absolute Gasteiger partial charge is 0.151 e. The fraction of sp³-hybridized carbons (Fsp3) is 0.143. The van der Waals surface area contributed by atoms with E-state index in [1.54, 1.807) is 11.9 Å². The Hall–Kier alpha value is -1.61. The summed E-state index contributed by atoms with van der Waals surface area (Å²) >= 11 is 1.56. The van der Waals surface area contributed by atoms with Crippen LogP contribution in [0.25, 0.3) is 0 Å². The molecule has 0 aromatic heterocycles. The van der Waals surface area contributed by atoms with Crippen LogP contribution in [0.1, 0.15) is 5.56 Å². The van der Waals surface area contributed by atoms with Gasteiger partial charge in [-0.15, -0.1) is 0 Å². The van der Waals surface area contributed by atoms with Crippen LogP contribution in [0, 0.1) is 6.92 Å². The molecule has 0 heterocycles. The summed E-state index contributed by atoms with van der Waals surface area (Å²) < 4.78 is 9.08. The van der Waals surface area contributed by atoms with Crippen LogP contribution >= 0.6 is 11.9 Å². The summed E-state index contributed by atoms with van der Waals surface area (Å²) in [4.78, 5) is 0. The zero-order valence-electron chi connectivity index (χ0n) is 9.94. The van der Waals surface area contributed by atoms with E-state index < -0.39 is 0 Å². The second-order valence-electron chi connectivity index (χ2n) is 3.72. The molecule has 2 nitrogen and oxygen atoms in total. The fourth-order valence-corrected chi connectivity index (χ4v) is 1.91. The van der Waals surface area contributed by atoms with Crippen molar-refractivity contribution in [3.05, 3.63) is 54.1 Å². The first-order valence-corrected chi connectivity index (χ1v) is 6.64. The van der Waals surface area contributed by atoms with Crippen molar-refractivity contribution in [2.24, 2.45) is 0 Å². The first-order valence-electron chi connectivity index (χ1n) is 5.42. The highest BCUT2D eigenvalue weighted by molar-refractivity contribution is 7.99. The van der Waals surface area contributed by atoms with Crippen LogP contribution in [0.4, 0.5) is 5.69 Å². The monoisotopic (exact) mass is 245 g/mol. The van der Waals surface area contributed by atoms with Crippen molar-refractivity contribution in [3.63, 3.8) is 0 Å². The summed E-state index contributed by atoms with van der Waals surface area (Å²) in [5, 5.41) is 0. The predicted molar refractivity (Wildman–Crippen MR) is 74.8 cm³/mol. The average Bonchev–Trinajstić information content (AvgIpc) is 2.34. The number of rotatable bonds is 4. The van der Waals surface area contributed by atoms with E-state index in [-0.39, 0.29) is 0 Å². The maximum Gasteiger partial charge on any atom is 0.151 e. The highest BCUT2D eigenvalue weighted by atomic mass is 32.2. The molecule has 0 amide bonds. The lowest BCUT2D eigenvalue weighted by Crippen LogP contribution is -1.92. The van der Waals surface area contributed by atoms with Gasteiger partial charge in [-0.05, 0) is 36.8 Å². The zero-order valence-corrected chi connectivity index (χ0v) is 10.8. The lowest BCUT2D eigenvalue weighted by atomic mass is 10.2. The average molecular weight is 245 g/mol. The Labute approximate surface area is 106 Å². The van der Waals surface area contributed by atoms with Crippen LogP contribution in [0.5, 0.6) is 11.5 Å². The van der Waals surface area contributed by atoms with E-state index >= 15 is 0 Å². The molecule has 0 saturated carbocycles. The van der Waals surface area contributed by atoms with Gasteiger partial charge in [-0.25, -0.2) is 0 Å². The zero-order chi connectivity index (χ0) is 12.1.